The zero-order valence-electron chi connectivity index (χ0n) is 28.2. The number of ketones is 1. The van der Waals surface area contributed by atoms with Crippen molar-refractivity contribution in [3.63, 3.8) is 0 Å². The van der Waals surface area contributed by atoms with Crippen molar-refractivity contribution in [3.8, 4) is 5.75 Å². The zero-order valence-corrected chi connectivity index (χ0v) is 29.9. The first kappa shape index (κ1) is 38.0. The van der Waals surface area contributed by atoms with Gasteiger partial charge in [0.2, 0.25) is 5.78 Å². The van der Waals surface area contributed by atoms with Gasteiger partial charge >= 0.3 is 5.56 Å². The SMILES string of the molecule is CCCNCc1ccn(S(=O)(=O)c2ccc(C)cc2)c(=O)c1O.Cc1ccc(S(=O)(=O)C2C=CC(CCCc3ccccc3)=C(O)C2=O)cc1. The van der Waals surface area contributed by atoms with Crippen LogP contribution in [0.3, 0.4) is 0 Å². The Morgan fingerprint density at radius 3 is 1.98 bits per heavy atom. The number of pyridine rings is 1. The number of carbonyl (C=O) groups excluding carboxylic acids is 1. The standard InChI is InChI=1S/C22H22O4S.C16H20N2O4S/c1-16-10-13-19(14-11-16)27(25,26)20-15-12-18(21(23)22(20)24)9-5-8-17-6-3-2-4-7-17;1-3-9-17-11-13-8-10-18(16(20)15(13)19)23(21,22)14-6-4-12(2)5-7-14/h2-4,6-7,10-15,20,23H,5,8-9H2,1H3;4-8,10,17,19H,3,9,11H2,1-2H3. The van der Waals surface area contributed by atoms with Crippen LogP contribution < -0.4 is 10.9 Å². The van der Waals surface area contributed by atoms with Crippen molar-refractivity contribution in [2.24, 2.45) is 0 Å². The van der Waals surface area contributed by atoms with Crippen molar-refractivity contribution in [1.29, 1.82) is 0 Å². The molecule has 1 atom stereocenters. The Morgan fingerprint density at radius 1 is 0.780 bits per heavy atom. The number of aryl methyl sites for hydroxylation is 3. The van der Waals surface area contributed by atoms with Crippen LogP contribution in [0.1, 0.15) is 48.4 Å². The maximum atomic E-state index is 12.8. The van der Waals surface area contributed by atoms with Crippen molar-refractivity contribution in [2.75, 3.05) is 6.54 Å². The fourth-order valence-corrected chi connectivity index (χ4v) is 7.93. The summed E-state index contributed by atoms with van der Waals surface area (Å²) in [5.74, 6) is -1.74. The zero-order chi connectivity index (χ0) is 36.5. The Bertz CT molecular complexity index is 2140. The van der Waals surface area contributed by atoms with Crippen molar-refractivity contribution < 1.29 is 31.8 Å². The Labute approximate surface area is 293 Å². The van der Waals surface area contributed by atoms with Gasteiger partial charge in [0.15, 0.2) is 26.6 Å². The molecule has 1 aliphatic rings. The molecule has 264 valence electrons. The molecular formula is C38H42N2O8S2. The second-order valence-corrected chi connectivity index (χ2v) is 15.9. The molecule has 1 aliphatic carbocycles. The van der Waals surface area contributed by atoms with Crippen molar-refractivity contribution >= 4 is 25.6 Å². The highest BCUT2D eigenvalue weighted by Gasteiger charge is 2.36. The fourth-order valence-electron chi connectivity index (χ4n) is 5.21. The van der Waals surface area contributed by atoms with E-state index in [9.17, 15) is 36.6 Å². The van der Waals surface area contributed by atoms with E-state index in [1.165, 1.54) is 48.2 Å². The number of hydrogen-bond donors (Lipinski definition) is 3. The van der Waals surface area contributed by atoms with Crippen LogP contribution in [0.15, 0.2) is 129 Å². The normalized spacial score (nSPS) is 14.7. The van der Waals surface area contributed by atoms with Crippen molar-refractivity contribution in [3.05, 3.63) is 147 Å². The van der Waals surface area contributed by atoms with E-state index in [1.54, 1.807) is 30.3 Å². The highest BCUT2D eigenvalue weighted by Crippen LogP contribution is 2.27. The van der Waals surface area contributed by atoms with E-state index in [4.69, 9.17) is 0 Å². The van der Waals surface area contributed by atoms with Crippen LogP contribution in [0.4, 0.5) is 0 Å². The summed E-state index contributed by atoms with van der Waals surface area (Å²) in [5, 5.41) is 21.9. The molecule has 5 rings (SSSR count). The summed E-state index contributed by atoms with van der Waals surface area (Å²) >= 11 is 0. The van der Waals surface area contributed by atoms with Gasteiger partial charge < -0.3 is 15.5 Å². The van der Waals surface area contributed by atoms with Crippen molar-refractivity contribution in [1.82, 2.24) is 9.29 Å². The lowest BCUT2D eigenvalue weighted by Crippen LogP contribution is -2.32. The van der Waals surface area contributed by atoms with E-state index in [0.29, 0.717) is 28.1 Å². The van der Waals surface area contributed by atoms with Crippen LogP contribution in [0.5, 0.6) is 5.75 Å². The Kier molecular flexibility index (Phi) is 12.7. The van der Waals surface area contributed by atoms with E-state index in [0.717, 1.165) is 36.9 Å². The summed E-state index contributed by atoms with van der Waals surface area (Å²) in [6.45, 7) is 6.74. The van der Waals surface area contributed by atoms with Gasteiger partial charge in [0.25, 0.3) is 10.0 Å². The molecule has 1 heterocycles. The summed E-state index contributed by atoms with van der Waals surface area (Å²) in [6.07, 6.45) is 7.15. The van der Waals surface area contributed by atoms with Crippen LogP contribution in [0.2, 0.25) is 0 Å². The third-order valence-corrected chi connectivity index (χ3v) is 11.8. The molecule has 50 heavy (non-hydrogen) atoms. The molecule has 3 N–H and O–H groups in total. The van der Waals surface area contributed by atoms with Crippen molar-refractivity contribution in [2.45, 2.75) is 68.0 Å². The smallest absolute Gasteiger partial charge is 0.306 e. The quantitative estimate of drug-likeness (QED) is 0.156. The molecule has 0 spiro atoms. The highest BCUT2D eigenvalue weighted by atomic mass is 32.2. The number of Topliss-reactive ketones (excluding diaryl/α,β-unsaturated/α-hetero) is 1. The maximum absolute atomic E-state index is 12.8. The van der Waals surface area contributed by atoms with E-state index in [2.05, 4.69) is 5.32 Å². The van der Waals surface area contributed by atoms with Crippen LogP contribution >= 0.6 is 0 Å². The predicted octanol–water partition coefficient (Wildman–Crippen LogP) is 5.71. The van der Waals surface area contributed by atoms with Crippen LogP contribution in [0, 0.1) is 13.8 Å². The molecule has 3 aromatic carbocycles. The van der Waals surface area contributed by atoms with E-state index < -0.39 is 48.0 Å². The largest absolute Gasteiger partial charge is 0.504 e. The highest BCUT2D eigenvalue weighted by molar-refractivity contribution is 7.93. The molecule has 1 unspecified atom stereocenters. The van der Waals surface area contributed by atoms with Crippen LogP contribution in [-0.2, 0) is 37.6 Å². The maximum Gasteiger partial charge on any atom is 0.306 e. The number of nitrogens with zero attached hydrogens (tertiary/aromatic N) is 1. The third-order valence-electron chi connectivity index (χ3n) is 8.14. The predicted molar refractivity (Wildman–Crippen MR) is 193 cm³/mol. The molecule has 0 bridgehead atoms. The monoisotopic (exact) mass is 718 g/mol. The summed E-state index contributed by atoms with van der Waals surface area (Å²) in [4.78, 5) is 24.8. The number of carbonyl (C=O) groups is 1. The number of sulfone groups is 1. The Balaban J connectivity index is 0.000000228. The van der Waals surface area contributed by atoms with Gasteiger partial charge in [-0.05, 0) is 87.5 Å². The van der Waals surface area contributed by atoms with Gasteiger partial charge in [-0.3, -0.25) is 9.59 Å². The lowest BCUT2D eigenvalue weighted by molar-refractivity contribution is -0.117. The molecule has 0 saturated heterocycles. The van der Waals surface area contributed by atoms with E-state index in [-0.39, 0.29) is 9.79 Å². The van der Waals surface area contributed by atoms with E-state index in [1.807, 2.05) is 51.1 Å². The number of aromatic hydroxyl groups is 1. The van der Waals surface area contributed by atoms with Gasteiger partial charge in [-0.25, -0.2) is 20.8 Å². The average Bonchev–Trinajstić information content (AvgIpc) is 3.09. The molecule has 0 saturated carbocycles. The molecule has 12 heteroatoms. The van der Waals surface area contributed by atoms with Gasteiger partial charge in [0.1, 0.15) is 0 Å². The summed E-state index contributed by atoms with van der Waals surface area (Å²) in [5.41, 5.74) is 2.95. The summed E-state index contributed by atoms with van der Waals surface area (Å²) < 4.78 is 51.1. The van der Waals surface area contributed by atoms with E-state index >= 15 is 0 Å². The van der Waals surface area contributed by atoms with Gasteiger partial charge in [0.05, 0.1) is 9.79 Å². The molecule has 4 aromatic rings. The van der Waals surface area contributed by atoms with Gasteiger partial charge in [-0.2, -0.15) is 0 Å². The number of benzene rings is 3. The topological polar surface area (TPSA) is 160 Å². The second-order valence-electron chi connectivity index (χ2n) is 12.0. The first-order valence-electron chi connectivity index (χ1n) is 16.2. The molecule has 0 aliphatic heterocycles. The lowest BCUT2D eigenvalue weighted by Gasteiger charge is -2.18. The average molecular weight is 719 g/mol. The summed E-state index contributed by atoms with van der Waals surface area (Å²) in [6, 6.07) is 23.9. The number of aromatic nitrogens is 1. The molecule has 0 fully saturated rings. The molecular weight excluding hydrogens is 677 g/mol. The van der Waals surface area contributed by atoms with Gasteiger partial charge in [0, 0.05) is 18.3 Å². The van der Waals surface area contributed by atoms with Gasteiger partial charge in [-0.1, -0.05) is 84.8 Å². The number of nitrogens with one attached hydrogen (secondary N) is 1. The number of rotatable bonds is 12. The van der Waals surface area contributed by atoms with Crippen LogP contribution in [-0.4, -0.2) is 48.6 Å². The Morgan fingerprint density at radius 2 is 1.38 bits per heavy atom. The molecule has 0 radical (unpaired) electrons. The third kappa shape index (κ3) is 9.06. The lowest BCUT2D eigenvalue weighted by atomic mass is 9.97. The number of hydrogen-bond acceptors (Lipinski definition) is 9. The minimum atomic E-state index is -4.03. The summed E-state index contributed by atoms with van der Waals surface area (Å²) in [7, 11) is -7.91. The molecule has 1 aromatic heterocycles. The Hall–Kier alpha value is -4.78. The second kappa shape index (κ2) is 16.8. The molecule has 0 amide bonds. The minimum absolute atomic E-state index is 0.00135. The first-order chi connectivity index (χ1) is 23.8. The number of aliphatic hydroxyl groups is 1. The number of allylic oxidation sites excluding steroid dienone is 3. The fraction of sp³-hybridized carbons (Fsp3) is 0.263. The minimum Gasteiger partial charge on any atom is -0.504 e. The van der Waals surface area contributed by atoms with Crippen LogP contribution in [0.25, 0.3) is 0 Å². The first-order valence-corrected chi connectivity index (χ1v) is 19.2. The number of aliphatic hydroxyl groups excluding tert-OH is 1. The van der Waals surface area contributed by atoms with Gasteiger partial charge in [-0.15, -0.1) is 0 Å². The molecule has 10 nitrogen and oxygen atoms in total.